The molecule has 150 valence electrons. The Labute approximate surface area is 156 Å². The minimum Gasteiger partial charge on any atom is -0.483 e. The van der Waals surface area contributed by atoms with Gasteiger partial charge < -0.3 is 15.0 Å². The lowest BCUT2D eigenvalue weighted by atomic mass is 10.2. The molecule has 0 radical (unpaired) electrons. The Morgan fingerprint density at radius 2 is 1.81 bits per heavy atom. The number of carbonyl (C=O) groups excluding carboxylic acids is 2. The smallest absolute Gasteiger partial charge is 0.419 e. The molecule has 2 amide bonds. The first-order valence-electron chi connectivity index (χ1n) is 8.87. The van der Waals surface area contributed by atoms with Gasteiger partial charge in [0, 0.05) is 32.7 Å². The second-order valence-electron chi connectivity index (χ2n) is 6.29. The molecule has 0 saturated carbocycles. The van der Waals surface area contributed by atoms with Crippen molar-refractivity contribution in [2.45, 2.75) is 19.5 Å². The van der Waals surface area contributed by atoms with Crippen LogP contribution in [0.2, 0.25) is 0 Å². The van der Waals surface area contributed by atoms with Gasteiger partial charge in [0.05, 0.1) is 12.1 Å². The van der Waals surface area contributed by atoms with Gasteiger partial charge in [0.15, 0.2) is 6.61 Å². The van der Waals surface area contributed by atoms with E-state index in [4.69, 9.17) is 4.74 Å². The van der Waals surface area contributed by atoms with Crippen LogP contribution >= 0.6 is 0 Å². The highest BCUT2D eigenvalue weighted by Crippen LogP contribution is 2.35. The topological polar surface area (TPSA) is 61.9 Å². The quantitative estimate of drug-likeness (QED) is 0.775. The van der Waals surface area contributed by atoms with Crippen molar-refractivity contribution in [3.63, 3.8) is 0 Å². The van der Waals surface area contributed by atoms with E-state index in [1.165, 1.54) is 23.1 Å². The van der Waals surface area contributed by atoms with Gasteiger partial charge in [-0.2, -0.15) is 13.2 Å². The Bertz CT molecular complexity index is 644. The van der Waals surface area contributed by atoms with Gasteiger partial charge in [0.25, 0.3) is 5.91 Å². The van der Waals surface area contributed by atoms with Gasteiger partial charge in [-0.25, -0.2) is 0 Å². The summed E-state index contributed by atoms with van der Waals surface area (Å²) in [5, 5.41) is 2.80. The molecule has 0 aromatic heterocycles. The fourth-order valence-electron chi connectivity index (χ4n) is 2.74. The number of nitrogens with one attached hydrogen (secondary N) is 1. The van der Waals surface area contributed by atoms with Crippen LogP contribution in [0.15, 0.2) is 24.3 Å². The largest absolute Gasteiger partial charge is 0.483 e. The number of hydrogen-bond acceptors (Lipinski definition) is 4. The van der Waals surface area contributed by atoms with Crippen molar-refractivity contribution in [1.82, 2.24) is 15.1 Å². The molecule has 9 heteroatoms. The van der Waals surface area contributed by atoms with Gasteiger partial charge in [-0.1, -0.05) is 19.1 Å². The van der Waals surface area contributed by atoms with E-state index in [0.717, 1.165) is 12.5 Å². The lowest BCUT2D eigenvalue weighted by molar-refractivity contribution is -0.141. The fraction of sp³-hybridized carbons (Fsp3) is 0.556. The molecular formula is C18H24F3N3O3. The van der Waals surface area contributed by atoms with Crippen molar-refractivity contribution in [3.05, 3.63) is 29.8 Å². The zero-order valence-electron chi connectivity index (χ0n) is 15.2. The number of rotatable bonds is 7. The highest BCUT2D eigenvalue weighted by molar-refractivity contribution is 5.79. The first-order chi connectivity index (χ1) is 12.8. The summed E-state index contributed by atoms with van der Waals surface area (Å²) in [7, 11) is 0. The maximum atomic E-state index is 12.9. The van der Waals surface area contributed by atoms with E-state index in [-0.39, 0.29) is 24.1 Å². The number of para-hydroxylation sites is 1. The number of nitrogens with zero attached hydrogens (tertiary/aromatic N) is 2. The summed E-state index contributed by atoms with van der Waals surface area (Å²) in [5.74, 6) is -0.782. The molecule has 27 heavy (non-hydrogen) atoms. The van der Waals surface area contributed by atoms with E-state index >= 15 is 0 Å². The first-order valence-corrected chi connectivity index (χ1v) is 8.87. The van der Waals surface area contributed by atoms with E-state index < -0.39 is 18.3 Å². The molecule has 0 aliphatic carbocycles. The van der Waals surface area contributed by atoms with E-state index in [9.17, 15) is 22.8 Å². The Hall–Kier alpha value is -2.29. The zero-order chi connectivity index (χ0) is 19.9. The van der Waals surface area contributed by atoms with E-state index in [1.54, 1.807) is 0 Å². The van der Waals surface area contributed by atoms with Crippen LogP contribution < -0.4 is 10.1 Å². The van der Waals surface area contributed by atoms with Crippen molar-refractivity contribution in [3.8, 4) is 5.75 Å². The lowest BCUT2D eigenvalue weighted by Gasteiger charge is -2.34. The second-order valence-corrected chi connectivity index (χ2v) is 6.29. The third-order valence-corrected chi connectivity index (χ3v) is 4.21. The number of alkyl halides is 3. The van der Waals surface area contributed by atoms with Crippen LogP contribution in [-0.4, -0.2) is 67.5 Å². The van der Waals surface area contributed by atoms with Gasteiger partial charge in [-0.15, -0.1) is 0 Å². The third kappa shape index (κ3) is 6.42. The molecule has 1 saturated heterocycles. The van der Waals surface area contributed by atoms with Gasteiger partial charge in [0.1, 0.15) is 5.75 Å². The molecule has 2 rings (SSSR count). The van der Waals surface area contributed by atoms with Gasteiger partial charge >= 0.3 is 6.18 Å². The molecule has 0 spiro atoms. The van der Waals surface area contributed by atoms with Crippen molar-refractivity contribution in [2.24, 2.45) is 0 Å². The summed E-state index contributed by atoms with van der Waals surface area (Å²) < 4.78 is 43.9. The monoisotopic (exact) mass is 387 g/mol. The molecule has 0 unspecified atom stereocenters. The number of piperazine rings is 1. The predicted octanol–water partition coefficient (Wildman–Crippen LogP) is 1.75. The van der Waals surface area contributed by atoms with Crippen molar-refractivity contribution >= 4 is 11.8 Å². The van der Waals surface area contributed by atoms with Crippen molar-refractivity contribution in [1.29, 1.82) is 0 Å². The summed E-state index contributed by atoms with van der Waals surface area (Å²) in [4.78, 5) is 27.4. The first kappa shape index (κ1) is 21.0. The average molecular weight is 387 g/mol. The fourth-order valence-corrected chi connectivity index (χ4v) is 2.74. The minimum atomic E-state index is -4.54. The van der Waals surface area contributed by atoms with E-state index in [1.807, 2.05) is 11.8 Å². The Morgan fingerprint density at radius 3 is 2.44 bits per heavy atom. The van der Waals surface area contributed by atoms with Gasteiger partial charge in [0.2, 0.25) is 5.91 Å². The number of amides is 2. The second kappa shape index (κ2) is 9.59. The van der Waals surface area contributed by atoms with Crippen LogP contribution in [-0.2, 0) is 15.8 Å². The van der Waals surface area contributed by atoms with Crippen LogP contribution in [0.25, 0.3) is 0 Å². The molecule has 1 aliphatic rings. The summed E-state index contributed by atoms with van der Waals surface area (Å²) in [5.41, 5.74) is -0.902. The number of hydrogen-bond donors (Lipinski definition) is 1. The number of halogens is 3. The van der Waals surface area contributed by atoms with Gasteiger partial charge in [-0.3, -0.25) is 14.5 Å². The van der Waals surface area contributed by atoms with Gasteiger partial charge in [-0.05, 0) is 18.6 Å². The number of benzene rings is 1. The maximum absolute atomic E-state index is 12.9. The highest BCUT2D eigenvalue weighted by Gasteiger charge is 2.34. The molecule has 1 aromatic carbocycles. The van der Waals surface area contributed by atoms with Crippen LogP contribution in [0.4, 0.5) is 13.2 Å². The lowest BCUT2D eigenvalue weighted by Crippen LogP contribution is -2.52. The number of carbonyl (C=O) groups is 2. The van der Waals surface area contributed by atoms with Crippen LogP contribution in [0, 0.1) is 0 Å². The summed E-state index contributed by atoms with van der Waals surface area (Å²) in [6, 6.07) is 4.82. The average Bonchev–Trinajstić information content (AvgIpc) is 2.64. The maximum Gasteiger partial charge on any atom is 0.419 e. The van der Waals surface area contributed by atoms with Crippen LogP contribution in [0.5, 0.6) is 5.75 Å². The predicted molar refractivity (Wildman–Crippen MR) is 93.3 cm³/mol. The Kier molecular flexibility index (Phi) is 7.46. The van der Waals surface area contributed by atoms with Crippen LogP contribution in [0.1, 0.15) is 18.9 Å². The Morgan fingerprint density at radius 1 is 1.15 bits per heavy atom. The number of ether oxygens (including phenoxy) is 1. The SMILES string of the molecule is CCCNC(=O)CN1CCN(C(=O)COc2ccccc2C(F)(F)F)CC1. The summed E-state index contributed by atoms with van der Waals surface area (Å²) >= 11 is 0. The van der Waals surface area contributed by atoms with Crippen molar-refractivity contribution in [2.75, 3.05) is 45.9 Å². The molecule has 6 nitrogen and oxygen atoms in total. The van der Waals surface area contributed by atoms with E-state index in [0.29, 0.717) is 32.7 Å². The standard InChI is InChI=1S/C18H24F3N3O3/c1-2-7-22-16(25)12-23-8-10-24(11-9-23)17(26)13-27-15-6-4-3-5-14(15)18(19,20)21/h3-6H,2,7-13H2,1H3,(H,22,25). The molecule has 1 heterocycles. The molecule has 1 N–H and O–H groups in total. The molecule has 1 aliphatic heterocycles. The summed E-state index contributed by atoms with van der Waals surface area (Å²) in [6.45, 7) is 4.30. The highest BCUT2D eigenvalue weighted by atomic mass is 19.4. The van der Waals surface area contributed by atoms with Crippen LogP contribution in [0.3, 0.4) is 0 Å². The Balaban J connectivity index is 1.80. The molecule has 1 fully saturated rings. The summed E-state index contributed by atoms with van der Waals surface area (Å²) in [6.07, 6.45) is -3.67. The molecule has 0 atom stereocenters. The normalized spacial score (nSPS) is 15.5. The van der Waals surface area contributed by atoms with E-state index in [2.05, 4.69) is 5.32 Å². The molecule has 1 aromatic rings. The molecular weight excluding hydrogens is 363 g/mol. The van der Waals surface area contributed by atoms with Crippen molar-refractivity contribution < 1.29 is 27.5 Å². The minimum absolute atomic E-state index is 0.0521. The molecule has 0 bridgehead atoms. The third-order valence-electron chi connectivity index (χ3n) is 4.21. The zero-order valence-corrected chi connectivity index (χ0v) is 15.2.